The molecule has 2 heterocycles. The van der Waals surface area contributed by atoms with Crippen LogP contribution in [0, 0.1) is 6.92 Å². The van der Waals surface area contributed by atoms with Gasteiger partial charge in [-0.2, -0.15) is 0 Å². The van der Waals surface area contributed by atoms with Gasteiger partial charge in [0, 0.05) is 35.8 Å². The topological polar surface area (TPSA) is 50.7 Å². The molecule has 0 radical (unpaired) electrons. The first-order chi connectivity index (χ1) is 9.63. The van der Waals surface area contributed by atoms with Crippen molar-refractivity contribution in [3.8, 4) is 11.4 Å². The Labute approximate surface area is 120 Å². The van der Waals surface area contributed by atoms with E-state index in [0.717, 1.165) is 35.9 Å². The minimum absolute atomic E-state index is 0.404. The molecule has 0 unspecified atom stereocenters. The molecule has 0 spiro atoms. The van der Waals surface area contributed by atoms with Gasteiger partial charge >= 0.3 is 0 Å². The Hall–Kier alpha value is -1.97. The van der Waals surface area contributed by atoms with Gasteiger partial charge in [0.2, 0.25) is 0 Å². The molecule has 0 fully saturated rings. The van der Waals surface area contributed by atoms with Crippen molar-refractivity contribution >= 4 is 5.82 Å². The minimum Gasteiger partial charge on any atom is -0.370 e. The Morgan fingerprint density at radius 1 is 1.15 bits per heavy atom. The highest BCUT2D eigenvalue weighted by Gasteiger charge is 2.15. The van der Waals surface area contributed by atoms with Gasteiger partial charge in [0.25, 0.3) is 0 Å². The molecule has 0 aromatic carbocycles. The Balaban J connectivity index is 2.49. The Kier molecular flexibility index (Phi) is 4.66. The first kappa shape index (κ1) is 14.4. The molecule has 2 aromatic rings. The van der Waals surface area contributed by atoms with E-state index in [4.69, 9.17) is 4.98 Å². The predicted octanol–water partition coefficient (Wildman–Crippen LogP) is 3.79. The van der Waals surface area contributed by atoms with Crippen molar-refractivity contribution < 1.29 is 0 Å². The fraction of sp³-hybridized carbons (Fsp3) is 0.438. The van der Waals surface area contributed by atoms with Crippen molar-refractivity contribution in [2.45, 2.75) is 40.0 Å². The summed E-state index contributed by atoms with van der Waals surface area (Å²) in [7, 11) is 0. The zero-order chi connectivity index (χ0) is 14.5. The number of nitrogens with one attached hydrogen (secondary N) is 1. The van der Waals surface area contributed by atoms with Crippen molar-refractivity contribution in [2.75, 3.05) is 11.9 Å². The molecular weight excluding hydrogens is 248 g/mol. The first-order valence-electron chi connectivity index (χ1n) is 7.16. The van der Waals surface area contributed by atoms with E-state index < -0.39 is 0 Å². The molecule has 0 atom stereocenters. The molecule has 2 rings (SSSR count). The summed E-state index contributed by atoms with van der Waals surface area (Å²) in [5, 5.41) is 3.43. The lowest BCUT2D eigenvalue weighted by Gasteiger charge is -2.17. The van der Waals surface area contributed by atoms with Gasteiger partial charge in [-0.05, 0) is 31.4 Å². The van der Waals surface area contributed by atoms with E-state index in [1.807, 2.05) is 12.1 Å². The van der Waals surface area contributed by atoms with Crippen LogP contribution in [0.15, 0.2) is 24.5 Å². The van der Waals surface area contributed by atoms with Crippen LogP contribution in [0.2, 0.25) is 0 Å². The van der Waals surface area contributed by atoms with Gasteiger partial charge < -0.3 is 5.32 Å². The van der Waals surface area contributed by atoms with Crippen LogP contribution in [0.3, 0.4) is 0 Å². The number of hydrogen-bond acceptors (Lipinski definition) is 4. The summed E-state index contributed by atoms with van der Waals surface area (Å²) in [6.07, 6.45) is 4.61. The molecule has 0 saturated heterocycles. The van der Waals surface area contributed by atoms with Gasteiger partial charge in [-0.1, -0.05) is 20.8 Å². The second kappa shape index (κ2) is 6.46. The maximum Gasteiger partial charge on any atom is 0.161 e. The van der Waals surface area contributed by atoms with Crippen LogP contribution < -0.4 is 5.32 Å². The molecule has 0 aliphatic heterocycles. The second-order valence-corrected chi connectivity index (χ2v) is 5.21. The number of anilines is 1. The minimum atomic E-state index is 0.404. The molecule has 20 heavy (non-hydrogen) atoms. The third kappa shape index (κ3) is 3.13. The number of aryl methyl sites for hydroxylation is 1. The largest absolute Gasteiger partial charge is 0.370 e. The quantitative estimate of drug-likeness (QED) is 0.898. The molecule has 2 aromatic heterocycles. The number of rotatable bonds is 5. The van der Waals surface area contributed by atoms with Crippen LogP contribution in [0.25, 0.3) is 11.4 Å². The maximum absolute atomic E-state index is 4.71. The summed E-state index contributed by atoms with van der Waals surface area (Å²) in [6.45, 7) is 9.48. The lowest BCUT2D eigenvalue weighted by atomic mass is 10.0. The van der Waals surface area contributed by atoms with Gasteiger partial charge in [-0.25, -0.2) is 9.97 Å². The van der Waals surface area contributed by atoms with Gasteiger partial charge in [-0.3, -0.25) is 4.98 Å². The molecule has 1 N–H and O–H groups in total. The molecule has 106 valence electrons. The average molecular weight is 270 g/mol. The summed E-state index contributed by atoms with van der Waals surface area (Å²) in [4.78, 5) is 13.4. The lowest BCUT2D eigenvalue weighted by Crippen LogP contribution is -2.10. The van der Waals surface area contributed by atoms with Crippen molar-refractivity contribution in [3.63, 3.8) is 0 Å². The summed E-state index contributed by atoms with van der Waals surface area (Å²) in [5.41, 5.74) is 3.25. The van der Waals surface area contributed by atoms with Crippen LogP contribution >= 0.6 is 0 Å². The lowest BCUT2D eigenvalue weighted by molar-refractivity contribution is 0.826. The second-order valence-electron chi connectivity index (χ2n) is 5.21. The summed E-state index contributed by atoms with van der Waals surface area (Å²) in [6, 6.07) is 3.88. The summed E-state index contributed by atoms with van der Waals surface area (Å²) < 4.78 is 0. The van der Waals surface area contributed by atoms with Crippen LogP contribution in [0.5, 0.6) is 0 Å². The highest BCUT2D eigenvalue weighted by Crippen LogP contribution is 2.27. The van der Waals surface area contributed by atoms with E-state index >= 15 is 0 Å². The smallest absolute Gasteiger partial charge is 0.161 e. The van der Waals surface area contributed by atoms with Crippen LogP contribution in [-0.2, 0) is 0 Å². The average Bonchev–Trinajstić information content (AvgIpc) is 2.45. The molecule has 0 saturated carbocycles. The zero-order valence-electron chi connectivity index (χ0n) is 12.6. The standard InChI is InChI=1S/C16H22N4/c1-5-8-18-16-14(11(2)3)12(4)19-15(20-16)13-6-9-17-10-7-13/h6-7,9-11H,5,8H2,1-4H3,(H,18,19,20). The monoisotopic (exact) mass is 270 g/mol. The Bertz CT molecular complexity index is 564. The third-order valence-electron chi connectivity index (χ3n) is 3.19. The highest BCUT2D eigenvalue weighted by molar-refractivity contribution is 5.59. The summed E-state index contributed by atoms with van der Waals surface area (Å²) >= 11 is 0. The predicted molar refractivity (Wildman–Crippen MR) is 82.9 cm³/mol. The number of hydrogen-bond donors (Lipinski definition) is 1. The molecule has 4 heteroatoms. The van der Waals surface area contributed by atoms with E-state index in [1.165, 1.54) is 5.56 Å². The first-order valence-corrected chi connectivity index (χ1v) is 7.16. The fourth-order valence-electron chi connectivity index (χ4n) is 2.28. The maximum atomic E-state index is 4.71. The molecule has 0 aliphatic carbocycles. The Morgan fingerprint density at radius 2 is 1.85 bits per heavy atom. The number of aromatic nitrogens is 3. The summed E-state index contributed by atoms with van der Waals surface area (Å²) in [5.74, 6) is 2.12. The van der Waals surface area contributed by atoms with Crippen molar-refractivity contribution in [1.29, 1.82) is 0 Å². The van der Waals surface area contributed by atoms with Crippen molar-refractivity contribution in [2.24, 2.45) is 0 Å². The van der Waals surface area contributed by atoms with Gasteiger partial charge in [0.1, 0.15) is 5.82 Å². The van der Waals surface area contributed by atoms with E-state index in [2.05, 4.69) is 43.0 Å². The Morgan fingerprint density at radius 3 is 2.45 bits per heavy atom. The molecular formula is C16H22N4. The SMILES string of the molecule is CCCNc1nc(-c2ccncc2)nc(C)c1C(C)C. The van der Waals surface area contributed by atoms with E-state index in [9.17, 15) is 0 Å². The third-order valence-corrected chi connectivity index (χ3v) is 3.19. The molecule has 0 amide bonds. The zero-order valence-corrected chi connectivity index (χ0v) is 12.6. The van der Waals surface area contributed by atoms with E-state index in [1.54, 1.807) is 12.4 Å². The number of pyridine rings is 1. The molecule has 4 nitrogen and oxygen atoms in total. The van der Waals surface area contributed by atoms with Gasteiger partial charge in [0.15, 0.2) is 5.82 Å². The number of nitrogens with zero attached hydrogens (tertiary/aromatic N) is 3. The van der Waals surface area contributed by atoms with Crippen LogP contribution in [-0.4, -0.2) is 21.5 Å². The van der Waals surface area contributed by atoms with Gasteiger partial charge in [-0.15, -0.1) is 0 Å². The molecule has 0 aliphatic rings. The van der Waals surface area contributed by atoms with Gasteiger partial charge in [0.05, 0.1) is 0 Å². The molecule has 0 bridgehead atoms. The van der Waals surface area contributed by atoms with E-state index in [-0.39, 0.29) is 0 Å². The van der Waals surface area contributed by atoms with E-state index in [0.29, 0.717) is 5.92 Å². The van der Waals surface area contributed by atoms with Crippen molar-refractivity contribution in [1.82, 2.24) is 15.0 Å². The highest BCUT2D eigenvalue weighted by atomic mass is 15.0. The fourth-order valence-corrected chi connectivity index (χ4v) is 2.28. The normalized spacial score (nSPS) is 10.8. The van der Waals surface area contributed by atoms with Crippen molar-refractivity contribution in [3.05, 3.63) is 35.8 Å². The van der Waals surface area contributed by atoms with Crippen LogP contribution in [0.4, 0.5) is 5.82 Å². The van der Waals surface area contributed by atoms with Crippen LogP contribution in [0.1, 0.15) is 44.4 Å².